The van der Waals surface area contributed by atoms with Crippen LogP contribution in [0.15, 0.2) is 36.7 Å². The molecule has 1 aromatic carbocycles. The van der Waals surface area contributed by atoms with Crippen molar-refractivity contribution in [3.05, 3.63) is 42.2 Å². The monoisotopic (exact) mass is 384 g/mol. The van der Waals surface area contributed by atoms with Gasteiger partial charge >= 0.3 is 6.03 Å². The van der Waals surface area contributed by atoms with Crippen molar-refractivity contribution in [3.63, 3.8) is 0 Å². The maximum atomic E-state index is 12.5. The van der Waals surface area contributed by atoms with Gasteiger partial charge in [0, 0.05) is 51.0 Å². The number of nitrogens with one attached hydrogen (secondary N) is 2. The molecule has 4 rings (SSSR count). The number of carbonyl (C=O) groups is 2. The van der Waals surface area contributed by atoms with Gasteiger partial charge in [0.15, 0.2) is 0 Å². The fourth-order valence-corrected chi connectivity index (χ4v) is 3.65. The van der Waals surface area contributed by atoms with Gasteiger partial charge in [-0.15, -0.1) is 0 Å². The van der Waals surface area contributed by atoms with E-state index in [9.17, 15) is 9.59 Å². The molecule has 0 spiro atoms. The third-order valence-electron chi connectivity index (χ3n) is 5.19. The van der Waals surface area contributed by atoms with Crippen molar-refractivity contribution in [2.24, 2.45) is 0 Å². The Labute approximate surface area is 163 Å². The van der Waals surface area contributed by atoms with E-state index in [1.54, 1.807) is 22.9 Å². The molecule has 2 aliphatic heterocycles. The molecule has 0 saturated carbocycles. The average molecular weight is 384 g/mol. The largest absolute Gasteiger partial charge is 0.494 e. The SMILES string of the molecule is COc1ccccc1-n1cc(CNC(=O)N2CCN3CCNC(=O)[C@@H]3C2)cn1. The van der Waals surface area contributed by atoms with E-state index in [1.165, 1.54) is 0 Å². The summed E-state index contributed by atoms with van der Waals surface area (Å²) in [6.07, 6.45) is 3.59. The minimum atomic E-state index is -0.249. The van der Waals surface area contributed by atoms with Gasteiger partial charge in [-0.25, -0.2) is 9.48 Å². The highest BCUT2D eigenvalue weighted by atomic mass is 16.5. The molecule has 2 aromatic rings. The Morgan fingerprint density at radius 1 is 1.32 bits per heavy atom. The minimum absolute atomic E-state index is 0.00170. The molecule has 28 heavy (non-hydrogen) atoms. The molecule has 9 nitrogen and oxygen atoms in total. The third kappa shape index (κ3) is 3.65. The summed E-state index contributed by atoms with van der Waals surface area (Å²) in [5.74, 6) is 0.728. The lowest BCUT2D eigenvalue weighted by Gasteiger charge is -2.42. The quantitative estimate of drug-likeness (QED) is 0.786. The number of hydrogen-bond donors (Lipinski definition) is 2. The lowest BCUT2D eigenvalue weighted by atomic mass is 10.1. The van der Waals surface area contributed by atoms with Crippen LogP contribution in [-0.2, 0) is 11.3 Å². The third-order valence-corrected chi connectivity index (χ3v) is 5.19. The van der Waals surface area contributed by atoms with Crippen molar-refractivity contribution >= 4 is 11.9 Å². The molecule has 148 valence electrons. The van der Waals surface area contributed by atoms with Gasteiger partial charge in [0.05, 0.1) is 13.3 Å². The van der Waals surface area contributed by atoms with Crippen molar-refractivity contribution in [2.45, 2.75) is 12.6 Å². The zero-order chi connectivity index (χ0) is 19.5. The van der Waals surface area contributed by atoms with Gasteiger partial charge in [-0.05, 0) is 12.1 Å². The van der Waals surface area contributed by atoms with Gasteiger partial charge in [0.2, 0.25) is 5.91 Å². The molecular formula is C19H24N6O3. The van der Waals surface area contributed by atoms with Crippen molar-refractivity contribution in [2.75, 3.05) is 39.8 Å². The normalized spacial score (nSPS) is 19.7. The molecule has 2 fully saturated rings. The van der Waals surface area contributed by atoms with Crippen molar-refractivity contribution in [1.82, 2.24) is 30.2 Å². The summed E-state index contributed by atoms with van der Waals surface area (Å²) < 4.78 is 7.09. The number of para-hydroxylation sites is 2. The number of amides is 3. The van der Waals surface area contributed by atoms with E-state index in [2.05, 4.69) is 20.6 Å². The molecule has 0 unspecified atom stereocenters. The van der Waals surface area contributed by atoms with Crippen LogP contribution < -0.4 is 15.4 Å². The number of nitrogens with zero attached hydrogens (tertiary/aromatic N) is 4. The second-order valence-corrected chi connectivity index (χ2v) is 6.91. The van der Waals surface area contributed by atoms with Gasteiger partial charge in [-0.3, -0.25) is 9.69 Å². The smallest absolute Gasteiger partial charge is 0.317 e. The molecule has 1 aromatic heterocycles. The average Bonchev–Trinajstić information content (AvgIpc) is 3.21. The van der Waals surface area contributed by atoms with Crippen molar-refractivity contribution in [3.8, 4) is 11.4 Å². The molecule has 3 heterocycles. The number of urea groups is 1. The van der Waals surface area contributed by atoms with Gasteiger partial charge < -0.3 is 20.3 Å². The number of carbonyl (C=O) groups excluding carboxylic acids is 2. The number of methoxy groups -OCH3 is 1. The Morgan fingerprint density at radius 3 is 3.04 bits per heavy atom. The van der Waals surface area contributed by atoms with Crippen molar-refractivity contribution in [1.29, 1.82) is 0 Å². The summed E-state index contributed by atoms with van der Waals surface area (Å²) in [5.41, 5.74) is 1.72. The first-order valence-electron chi connectivity index (χ1n) is 9.37. The molecule has 0 radical (unpaired) electrons. The van der Waals surface area contributed by atoms with Gasteiger partial charge in [0.1, 0.15) is 17.5 Å². The summed E-state index contributed by atoms with van der Waals surface area (Å²) in [4.78, 5) is 28.4. The lowest BCUT2D eigenvalue weighted by Crippen LogP contribution is -2.65. The highest BCUT2D eigenvalue weighted by Crippen LogP contribution is 2.21. The van der Waals surface area contributed by atoms with Crippen LogP contribution >= 0.6 is 0 Å². The first-order valence-corrected chi connectivity index (χ1v) is 9.37. The molecule has 9 heteroatoms. The topological polar surface area (TPSA) is 91.7 Å². The molecule has 2 aliphatic rings. The van der Waals surface area contributed by atoms with Crippen LogP contribution in [0.2, 0.25) is 0 Å². The van der Waals surface area contributed by atoms with E-state index in [0.717, 1.165) is 30.1 Å². The Bertz CT molecular complexity index is 867. The van der Waals surface area contributed by atoms with E-state index >= 15 is 0 Å². The Morgan fingerprint density at radius 2 is 2.18 bits per heavy atom. The van der Waals surface area contributed by atoms with Crippen LogP contribution in [0.25, 0.3) is 5.69 Å². The second kappa shape index (κ2) is 7.89. The van der Waals surface area contributed by atoms with Gasteiger partial charge in [0.25, 0.3) is 0 Å². The van der Waals surface area contributed by atoms with Gasteiger partial charge in [-0.2, -0.15) is 5.10 Å². The summed E-state index contributed by atoms with van der Waals surface area (Å²) in [5, 5.41) is 10.2. The number of rotatable bonds is 4. The summed E-state index contributed by atoms with van der Waals surface area (Å²) >= 11 is 0. The summed E-state index contributed by atoms with van der Waals surface area (Å²) in [6.45, 7) is 3.64. The fraction of sp³-hybridized carbons (Fsp3) is 0.421. The first-order chi connectivity index (χ1) is 13.7. The maximum absolute atomic E-state index is 12.5. The lowest BCUT2D eigenvalue weighted by molar-refractivity contribution is -0.131. The van der Waals surface area contributed by atoms with Crippen molar-refractivity contribution < 1.29 is 14.3 Å². The number of fused-ring (bicyclic) bond motifs is 1. The first kappa shape index (κ1) is 18.3. The molecule has 2 N–H and O–H groups in total. The minimum Gasteiger partial charge on any atom is -0.494 e. The van der Waals surface area contributed by atoms with E-state index < -0.39 is 0 Å². The van der Waals surface area contributed by atoms with Crippen LogP contribution in [0.5, 0.6) is 5.75 Å². The highest BCUT2D eigenvalue weighted by Gasteiger charge is 2.36. The maximum Gasteiger partial charge on any atom is 0.317 e. The van der Waals surface area contributed by atoms with Gasteiger partial charge in [-0.1, -0.05) is 12.1 Å². The zero-order valence-electron chi connectivity index (χ0n) is 15.8. The molecule has 2 saturated heterocycles. The standard InChI is InChI=1S/C19H24N6O3/c1-28-17-5-3-2-4-15(17)25-12-14(11-22-25)10-21-19(27)24-9-8-23-7-6-20-18(26)16(23)13-24/h2-5,11-12,16H,6-10,13H2,1H3,(H,20,26)(H,21,27)/t16-/m0/s1. The predicted octanol–water partition coefficient (Wildman–Crippen LogP) is 0.207. The summed E-state index contributed by atoms with van der Waals surface area (Å²) in [7, 11) is 1.62. The van der Waals surface area contributed by atoms with E-state index in [-0.39, 0.29) is 18.0 Å². The number of piperazine rings is 2. The zero-order valence-corrected chi connectivity index (χ0v) is 15.8. The van der Waals surface area contributed by atoms with Crippen LogP contribution in [0, 0.1) is 0 Å². The number of benzene rings is 1. The summed E-state index contributed by atoms with van der Waals surface area (Å²) in [6, 6.07) is 7.20. The van der Waals surface area contributed by atoms with E-state index in [4.69, 9.17) is 4.74 Å². The molecule has 0 aliphatic carbocycles. The molecule has 1 atom stereocenters. The second-order valence-electron chi connectivity index (χ2n) is 6.91. The number of aromatic nitrogens is 2. The van der Waals surface area contributed by atoms with Crippen LogP contribution in [0.4, 0.5) is 4.79 Å². The van der Waals surface area contributed by atoms with Crippen LogP contribution in [-0.4, -0.2) is 77.4 Å². The molecule has 0 bridgehead atoms. The fourth-order valence-electron chi connectivity index (χ4n) is 3.65. The molecular weight excluding hydrogens is 360 g/mol. The van der Waals surface area contributed by atoms with E-state index in [1.807, 2.05) is 30.5 Å². The van der Waals surface area contributed by atoms with E-state index in [0.29, 0.717) is 26.2 Å². The number of ether oxygens (including phenoxy) is 1. The molecule has 3 amide bonds. The number of hydrogen-bond acceptors (Lipinski definition) is 5. The van der Waals surface area contributed by atoms with Crippen LogP contribution in [0.3, 0.4) is 0 Å². The highest BCUT2D eigenvalue weighted by molar-refractivity contribution is 5.84. The van der Waals surface area contributed by atoms with Crippen LogP contribution in [0.1, 0.15) is 5.56 Å². The Balaban J connectivity index is 1.35. The Kier molecular flexibility index (Phi) is 5.16. The Hall–Kier alpha value is -3.07. The predicted molar refractivity (Wildman–Crippen MR) is 102 cm³/mol.